The van der Waals surface area contributed by atoms with Crippen LogP contribution in [0.3, 0.4) is 0 Å². The number of nitrogens with zero attached hydrogens (tertiary/aromatic N) is 6. The molecule has 0 radical (unpaired) electrons. The molecule has 2 bridgehead atoms. The van der Waals surface area contributed by atoms with E-state index in [0.29, 0.717) is 41.7 Å². The van der Waals surface area contributed by atoms with Gasteiger partial charge in [0.2, 0.25) is 17.9 Å². The molecule has 2 fully saturated rings. The quantitative estimate of drug-likeness (QED) is 0.383. The Balaban J connectivity index is 1.43. The lowest BCUT2D eigenvalue weighted by molar-refractivity contribution is -0.179. The summed E-state index contributed by atoms with van der Waals surface area (Å²) in [5.74, 6) is -0.0151. The van der Waals surface area contributed by atoms with Crippen LogP contribution in [0, 0.1) is 18.8 Å². The Labute approximate surface area is 200 Å². The number of rotatable bonds is 6. The summed E-state index contributed by atoms with van der Waals surface area (Å²) in [6, 6.07) is 1.66. The summed E-state index contributed by atoms with van der Waals surface area (Å²) in [6.07, 6.45) is -9.84. The highest BCUT2D eigenvalue weighted by atomic mass is 19.4. The second-order valence-electron chi connectivity index (χ2n) is 8.84. The molecule has 1 aliphatic heterocycles. The van der Waals surface area contributed by atoms with Gasteiger partial charge in [-0.1, -0.05) is 11.7 Å². The zero-order valence-corrected chi connectivity index (χ0v) is 18.8. The van der Waals surface area contributed by atoms with Crippen molar-refractivity contribution < 1.29 is 35.5 Å². The molecular weight excluding hydrogens is 496 g/mol. The van der Waals surface area contributed by atoms with E-state index in [-0.39, 0.29) is 23.8 Å². The smallest absolute Gasteiger partial charge is 0.433 e. The normalized spacial score (nSPS) is 23.2. The molecule has 36 heavy (non-hydrogen) atoms. The van der Waals surface area contributed by atoms with E-state index < -0.39 is 35.5 Å². The number of fused-ring (bicyclic) bond motifs is 3. The fourth-order valence-electron chi connectivity index (χ4n) is 4.87. The largest absolute Gasteiger partial charge is 0.473 e. The number of alkyl halides is 6. The Morgan fingerprint density at radius 1 is 1.14 bits per heavy atom. The number of pyridine rings is 1. The van der Waals surface area contributed by atoms with Gasteiger partial charge < -0.3 is 19.4 Å². The molecule has 2 aliphatic rings. The number of piperidine rings is 1. The fourth-order valence-corrected chi connectivity index (χ4v) is 4.87. The summed E-state index contributed by atoms with van der Waals surface area (Å²) < 4.78 is 91.3. The van der Waals surface area contributed by atoms with Crippen molar-refractivity contribution in [3.8, 4) is 5.75 Å². The van der Waals surface area contributed by atoms with Crippen LogP contribution in [0.4, 0.5) is 38.3 Å². The van der Waals surface area contributed by atoms with Crippen molar-refractivity contribution in [1.29, 1.82) is 0 Å². The standard InChI is InChI=1S/C21H21F6N7O2/c1-3-15(21(25,26)27)36-13-6-7-14(20(22,23)24)34-17(13)29-18(32-34)28-16-11-4-5-12(16)9-33(8-11)19-31-30-10(2)35-19/h3,6-7,11-12,15-16H,1,4-5,8-9H2,2H3,(H,28,32)/t11-,12+,15-,16?/m0/s1. The maximum absolute atomic E-state index is 13.6. The van der Waals surface area contributed by atoms with Crippen molar-refractivity contribution in [1.82, 2.24) is 24.8 Å². The second-order valence-corrected chi connectivity index (χ2v) is 8.84. The third kappa shape index (κ3) is 4.41. The van der Waals surface area contributed by atoms with Crippen LogP contribution in [-0.2, 0) is 6.18 Å². The Hall–Kier alpha value is -3.52. The van der Waals surface area contributed by atoms with E-state index in [2.05, 4.69) is 32.2 Å². The van der Waals surface area contributed by atoms with Crippen LogP contribution < -0.4 is 15.0 Å². The van der Waals surface area contributed by atoms with Gasteiger partial charge in [-0.3, -0.25) is 0 Å². The molecule has 1 saturated carbocycles. The van der Waals surface area contributed by atoms with Crippen LogP contribution in [0.15, 0.2) is 29.2 Å². The molecule has 15 heteroatoms. The zero-order valence-electron chi connectivity index (χ0n) is 18.8. The van der Waals surface area contributed by atoms with Gasteiger partial charge in [0, 0.05) is 26.1 Å². The first-order valence-corrected chi connectivity index (χ1v) is 11.1. The molecular formula is C21H21F6N7O2. The van der Waals surface area contributed by atoms with Gasteiger partial charge in [0.1, 0.15) is 5.69 Å². The van der Waals surface area contributed by atoms with Gasteiger partial charge in [-0.05, 0) is 42.9 Å². The van der Waals surface area contributed by atoms with Crippen LogP contribution in [0.1, 0.15) is 24.4 Å². The summed E-state index contributed by atoms with van der Waals surface area (Å²) >= 11 is 0. The Morgan fingerprint density at radius 2 is 1.83 bits per heavy atom. The molecule has 1 N–H and O–H groups in total. The second kappa shape index (κ2) is 8.55. The minimum atomic E-state index is -4.82. The minimum Gasteiger partial charge on any atom is -0.473 e. The van der Waals surface area contributed by atoms with E-state index in [1.54, 1.807) is 6.92 Å². The summed E-state index contributed by atoms with van der Waals surface area (Å²) in [4.78, 5) is 6.06. The van der Waals surface area contributed by atoms with Gasteiger partial charge in [0.15, 0.2) is 11.4 Å². The van der Waals surface area contributed by atoms with Crippen LogP contribution in [0.2, 0.25) is 0 Å². The number of hydrogen-bond donors (Lipinski definition) is 1. The maximum atomic E-state index is 13.6. The molecule has 5 rings (SSSR count). The van der Waals surface area contributed by atoms with Gasteiger partial charge in [-0.2, -0.15) is 31.3 Å². The summed E-state index contributed by atoms with van der Waals surface area (Å²) in [5, 5.41) is 14.9. The summed E-state index contributed by atoms with van der Waals surface area (Å²) in [5.41, 5.74) is -1.69. The topological polar surface area (TPSA) is 93.6 Å². The van der Waals surface area contributed by atoms with Crippen molar-refractivity contribution in [2.24, 2.45) is 11.8 Å². The fraction of sp³-hybridized carbons (Fsp3) is 0.524. The van der Waals surface area contributed by atoms with Gasteiger partial charge >= 0.3 is 18.4 Å². The molecule has 4 atom stereocenters. The van der Waals surface area contributed by atoms with Crippen LogP contribution in [0.25, 0.3) is 5.65 Å². The van der Waals surface area contributed by atoms with Crippen molar-refractivity contribution >= 4 is 17.6 Å². The van der Waals surface area contributed by atoms with Gasteiger partial charge in [-0.25, -0.2) is 4.52 Å². The van der Waals surface area contributed by atoms with Gasteiger partial charge in [-0.15, -0.1) is 10.2 Å². The SMILES string of the molecule is C=C[C@H](Oc1ccc(C(F)(F)F)n2nc(NC3[C@@H]4CC[C@H]3CN(c3nnc(C)o3)C4)nc12)C(F)(F)F. The monoisotopic (exact) mass is 517 g/mol. The van der Waals surface area contributed by atoms with Crippen molar-refractivity contribution in [2.75, 3.05) is 23.3 Å². The Bertz CT molecular complexity index is 1260. The van der Waals surface area contributed by atoms with Gasteiger partial charge in [0.25, 0.3) is 0 Å². The van der Waals surface area contributed by atoms with E-state index in [0.717, 1.165) is 18.9 Å². The molecule has 0 amide bonds. The highest BCUT2D eigenvalue weighted by molar-refractivity contribution is 5.57. The molecule has 0 spiro atoms. The highest BCUT2D eigenvalue weighted by Crippen LogP contribution is 2.40. The van der Waals surface area contributed by atoms with Crippen molar-refractivity contribution in [2.45, 2.75) is 44.3 Å². The van der Waals surface area contributed by atoms with Crippen molar-refractivity contribution in [3.05, 3.63) is 36.4 Å². The first kappa shape index (κ1) is 24.2. The Morgan fingerprint density at radius 3 is 2.39 bits per heavy atom. The highest BCUT2D eigenvalue weighted by Gasteiger charge is 2.44. The molecule has 194 valence electrons. The average molecular weight is 517 g/mol. The number of aryl methyl sites for hydroxylation is 1. The number of aromatic nitrogens is 5. The lowest BCUT2D eigenvalue weighted by atomic mass is 9.92. The molecule has 3 aromatic rings. The maximum Gasteiger partial charge on any atom is 0.433 e. The van der Waals surface area contributed by atoms with E-state index in [9.17, 15) is 26.3 Å². The lowest BCUT2D eigenvalue weighted by Gasteiger charge is -2.37. The third-order valence-corrected chi connectivity index (χ3v) is 6.44. The number of halogens is 6. The number of nitrogens with one attached hydrogen (secondary N) is 1. The van der Waals surface area contributed by atoms with Crippen LogP contribution >= 0.6 is 0 Å². The number of hydrogen-bond acceptors (Lipinski definition) is 8. The van der Waals surface area contributed by atoms with E-state index in [1.165, 1.54) is 0 Å². The summed E-state index contributed by atoms with van der Waals surface area (Å²) in [7, 11) is 0. The lowest BCUT2D eigenvalue weighted by Crippen LogP contribution is -2.48. The molecule has 1 unspecified atom stereocenters. The Kier molecular flexibility index (Phi) is 5.75. The predicted molar refractivity (Wildman–Crippen MR) is 114 cm³/mol. The predicted octanol–water partition coefficient (Wildman–Crippen LogP) is 4.26. The number of anilines is 2. The molecule has 9 nitrogen and oxygen atoms in total. The molecule has 1 saturated heterocycles. The average Bonchev–Trinajstić information content (AvgIpc) is 3.46. The van der Waals surface area contributed by atoms with E-state index in [4.69, 9.17) is 9.15 Å². The van der Waals surface area contributed by atoms with Crippen molar-refractivity contribution in [3.63, 3.8) is 0 Å². The first-order valence-electron chi connectivity index (χ1n) is 11.1. The van der Waals surface area contributed by atoms with Gasteiger partial charge in [0.05, 0.1) is 0 Å². The zero-order chi connectivity index (χ0) is 25.8. The third-order valence-electron chi connectivity index (χ3n) is 6.44. The minimum absolute atomic E-state index is 0.0933. The van der Waals surface area contributed by atoms with Crippen LogP contribution in [0.5, 0.6) is 5.75 Å². The molecule has 4 heterocycles. The van der Waals surface area contributed by atoms with E-state index >= 15 is 0 Å². The van der Waals surface area contributed by atoms with E-state index in [1.807, 2.05) is 4.90 Å². The van der Waals surface area contributed by atoms with Crippen LogP contribution in [-0.4, -0.2) is 56.2 Å². The summed E-state index contributed by atoms with van der Waals surface area (Å²) in [6.45, 7) is 5.95. The first-order chi connectivity index (χ1) is 16.9. The molecule has 1 aliphatic carbocycles. The number of ether oxygens (including phenoxy) is 1. The molecule has 3 aromatic heterocycles. The molecule has 0 aromatic carbocycles.